The Hall–Kier alpha value is -8.01. The van der Waals surface area contributed by atoms with E-state index in [9.17, 15) is 0 Å². The summed E-state index contributed by atoms with van der Waals surface area (Å²) in [6, 6.07) is 79.2. The van der Waals surface area contributed by atoms with E-state index in [-0.39, 0.29) is 0 Å². The van der Waals surface area contributed by atoms with Crippen molar-refractivity contribution in [2.24, 2.45) is 0 Å². The van der Waals surface area contributed by atoms with Crippen LogP contribution in [0.15, 0.2) is 237 Å². The lowest BCUT2D eigenvalue weighted by Crippen LogP contribution is -1.94. The topological polar surface area (TPSA) is 38.7 Å². The zero-order valence-corrected chi connectivity index (χ0v) is 32.9. The van der Waals surface area contributed by atoms with Crippen molar-refractivity contribution in [3.63, 3.8) is 0 Å². The van der Waals surface area contributed by atoms with Crippen LogP contribution in [0.4, 0.5) is 0 Å². The molecule has 0 aliphatic carbocycles. The highest BCUT2D eigenvalue weighted by atomic mass is 14.7. The molecule has 60 heavy (non-hydrogen) atoms. The fourth-order valence-electron chi connectivity index (χ4n) is 8.04. The van der Waals surface area contributed by atoms with Gasteiger partial charge in [-0.05, 0) is 116 Å². The molecule has 10 rings (SSSR count). The Morgan fingerprint density at radius 2 is 0.567 bits per heavy atom. The number of benzene rings is 7. The molecular formula is C57H39N3. The van der Waals surface area contributed by atoms with Crippen LogP contribution in [0, 0.1) is 0 Å². The van der Waals surface area contributed by atoms with Crippen molar-refractivity contribution in [1.29, 1.82) is 0 Å². The Morgan fingerprint density at radius 3 is 1.07 bits per heavy atom. The molecular weight excluding hydrogens is 727 g/mol. The summed E-state index contributed by atoms with van der Waals surface area (Å²) in [4.78, 5) is 14.6. The Balaban J connectivity index is 1.07. The van der Waals surface area contributed by atoms with Crippen molar-refractivity contribution in [1.82, 2.24) is 15.0 Å². The third-order valence-corrected chi connectivity index (χ3v) is 11.0. The molecule has 0 aliphatic rings. The number of pyridine rings is 3. The first-order valence-corrected chi connectivity index (χ1v) is 20.2. The van der Waals surface area contributed by atoms with Gasteiger partial charge < -0.3 is 0 Å². The van der Waals surface area contributed by atoms with Crippen LogP contribution in [0.25, 0.3) is 101 Å². The SMILES string of the molecule is c1ccc(-c2cc(-c3ccccc3-c3cccc(-c4cccc(-c5ccccn5)c4)c3)cc(-c3ccccc3-c3cccc(-c4cccc(-c5ccccn5)c4)c3)n2)cc1. The van der Waals surface area contributed by atoms with Crippen molar-refractivity contribution in [3.8, 4) is 101 Å². The lowest BCUT2D eigenvalue weighted by Gasteiger charge is -2.16. The van der Waals surface area contributed by atoms with Gasteiger partial charge in [0.15, 0.2) is 0 Å². The predicted octanol–water partition coefficient (Wildman–Crippen LogP) is 14.9. The van der Waals surface area contributed by atoms with Gasteiger partial charge >= 0.3 is 0 Å². The van der Waals surface area contributed by atoms with Crippen LogP contribution < -0.4 is 0 Å². The first kappa shape index (κ1) is 36.3. The van der Waals surface area contributed by atoms with Crippen LogP contribution in [0.5, 0.6) is 0 Å². The van der Waals surface area contributed by atoms with Crippen LogP contribution >= 0.6 is 0 Å². The fourth-order valence-corrected chi connectivity index (χ4v) is 8.04. The highest BCUT2D eigenvalue weighted by Gasteiger charge is 2.16. The highest BCUT2D eigenvalue weighted by molar-refractivity contribution is 5.91. The van der Waals surface area contributed by atoms with Gasteiger partial charge in [0, 0.05) is 34.6 Å². The summed E-state index contributed by atoms with van der Waals surface area (Å²) in [6.45, 7) is 0. The molecule has 0 N–H and O–H groups in total. The van der Waals surface area contributed by atoms with Crippen molar-refractivity contribution >= 4 is 0 Å². The molecule has 3 aromatic heterocycles. The zero-order chi connectivity index (χ0) is 40.1. The van der Waals surface area contributed by atoms with E-state index >= 15 is 0 Å². The summed E-state index contributed by atoms with van der Waals surface area (Å²) < 4.78 is 0. The second-order valence-electron chi connectivity index (χ2n) is 14.8. The zero-order valence-electron chi connectivity index (χ0n) is 32.9. The largest absolute Gasteiger partial charge is 0.256 e. The Bertz CT molecular complexity index is 2900. The maximum atomic E-state index is 5.39. The quantitative estimate of drug-likeness (QED) is 0.147. The van der Waals surface area contributed by atoms with Crippen molar-refractivity contribution < 1.29 is 0 Å². The van der Waals surface area contributed by atoms with E-state index in [1.165, 1.54) is 0 Å². The van der Waals surface area contributed by atoms with E-state index < -0.39 is 0 Å². The minimum Gasteiger partial charge on any atom is -0.256 e. The molecule has 10 aromatic rings. The van der Waals surface area contributed by atoms with Crippen molar-refractivity contribution in [2.45, 2.75) is 0 Å². The molecule has 0 saturated carbocycles. The van der Waals surface area contributed by atoms with E-state index in [4.69, 9.17) is 4.98 Å². The molecule has 3 heteroatoms. The van der Waals surface area contributed by atoms with Gasteiger partial charge in [0.1, 0.15) is 0 Å². The molecule has 0 aliphatic heterocycles. The second-order valence-corrected chi connectivity index (χ2v) is 14.8. The first-order chi connectivity index (χ1) is 29.7. The summed E-state index contributed by atoms with van der Waals surface area (Å²) in [5, 5.41) is 0. The van der Waals surface area contributed by atoms with Gasteiger partial charge in [-0.3, -0.25) is 9.97 Å². The summed E-state index contributed by atoms with van der Waals surface area (Å²) >= 11 is 0. The maximum Gasteiger partial charge on any atom is 0.0721 e. The van der Waals surface area contributed by atoms with E-state index in [2.05, 4.69) is 210 Å². The van der Waals surface area contributed by atoms with E-state index in [0.717, 1.165) is 101 Å². The van der Waals surface area contributed by atoms with E-state index in [1.54, 1.807) is 0 Å². The molecule has 3 nitrogen and oxygen atoms in total. The average Bonchev–Trinajstić information content (AvgIpc) is 3.35. The van der Waals surface area contributed by atoms with Gasteiger partial charge in [0.05, 0.1) is 22.8 Å². The molecule has 3 heterocycles. The second kappa shape index (κ2) is 16.5. The number of aromatic nitrogens is 3. The molecule has 0 amide bonds. The lowest BCUT2D eigenvalue weighted by atomic mass is 9.90. The third-order valence-electron chi connectivity index (χ3n) is 11.0. The molecule has 282 valence electrons. The van der Waals surface area contributed by atoms with Crippen molar-refractivity contribution in [3.05, 3.63) is 237 Å². The van der Waals surface area contributed by atoms with Crippen LogP contribution in [-0.2, 0) is 0 Å². The van der Waals surface area contributed by atoms with Gasteiger partial charge in [-0.25, -0.2) is 4.98 Å². The number of nitrogens with zero attached hydrogens (tertiary/aromatic N) is 3. The van der Waals surface area contributed by atoms with Gasteiger partial charge in [0.25, 0.3) is 0 Å². The minimum absolute atomic E-state index is 0.916. The molecule has 0 atom stereocenters. The summed E-state index contributed by atoms with van der Waals surface area (Å²) in [5.74, 6) is 0. The smallest absolute Gasteiger partial charge is 0.0721 e. The molecule has 7 aromatic carbocycles. The lowest BCUT2D eigenvalue weighted by molar-refractivity contribution is 1.32. The van der Waals surface area contributed by atoms with Gasteiger partial charge in [-0.15, -0.1) is 0 Å². The summed E-state index contributed by atoms with van der Waals surface area (Å²) in [5.41, 5.74) is 19.5. The molecule has 0 spiro atoms. The summed E-state index contributed by atoms with van der Waals surface area (Å²) in [6.07, 6.45) is 3.68. The minimum atomic E-state index is 0.916. The van der Waals surface area contributed by atoms with Crippen LogP contribution in [0.2, 0.25) is 0 Å². The van der Waals surface area contributed by atoms with Crippen LogP contribution in [0.3, 0.4) is 0 Å². The Labute approximate surface area is 351 Å². The molecule has 0 bridgehead atoms. The van der Waals surface area contributed by atoms with Gasteiger partial charge in [0.2, 0.25) is 0 Å². The standard InChI is InChI=1S/C57H39N3/c1-2-16-40(17-3-1)56-38-49(52-28-5-4-26-50(52)45-22-12-18-41(34-45)43-20-14-24-47(36-43)54-30-8-10-32-58-54)39-57(60-56)53-29-7-6-27-51(53)46-23-13-19-42(35-46)44-21-15-25-48(37-44)55-31-9-11-33-59-55/h1-39H. The van der Waals surface area contributed by atoms with E-state index in [0.29, 0.717) is 0 Å². The Kier molecular flexibility index (Phi) is 9.97. The molecule has 0 fully saturated rings. The average molecular weight is 766 g/mol. The molecule has 0 saturated heterocycles. The third kappa shape index (κ3) is 7.56. The molecule has 0 unspecified atom stereocenters. The van der Waals surface area contributed by atoms with Crippen molar-refractivity contribution in [2.75, 3.05) is 0 Å². The monoisotopic (exact) mass is 765 g/mol. The molecule has 0 radical (unpaired) electrons. The normalized spacial score (nSPS) is 11.0. The van der Waals surface area contributed by atoms with E-state index in [1.807, 2.05) is 36.7 Å². The predicted molar refractivity (Wildman–Crippen MR) is 249 cm³/mol. The van der Waals surface area contributed by atoms with Crippen LogP contribution in [-0.4, -0.2) is 15.0 Å². The van der Waals surface area contributed by atoms with Crippen LogP contribution in [0.1, 0.15) is 0 Å². The number of hydrogen-bond acceptors (Lipinski definition) is 3. The number of hydrogen-bond donors (Lipinski definition) is 0. The van der Waals surface area contributed by atoms with Gasteiger partial charge in [-0.1, -0.05) is 164 Å². The number of rotatable bonds is 9. The first-order valence-electron chi connectivity index (χ1n) is 20.2. The van der Waals surface area contributed by atoms with Gasteiger partial charge in [-0.2, -0.15) is 0 Å². The maximum absolute atomic E-state index is 5.39. The fraction of sp³-hybridized carbons (Fsp3) is 0. The summed E-state index contributed by atoms with van der Waals surface area (Å²) in [7, 11) is 0. The Morgan fingerprint density at radius 1 is 0.200 bits per heavy atom. The highest BCUT2D eigenvalue weighted by Crippen LogP contribution is 2.40.